The standard InChI is InChI=1S/C53H40N8O4/c1-62-39-13-17-47-43(29-39)44-30-40(63-2)14-18-48(44)60(47)52-56-51(57-53(58-52)61-49-19-15-41(64-3)31-45(49)46-32-42(65-4)16-20-50(46)61)59(37-9-5-33(6-10-37)35-21-25-54-26-22-35)38-11-7-34(8-12-38)36-23-27-55-28-24-36/h5-32H,1-4H3. The molecule has 5 heterocycles. The van der Waals surface area contributed by atoms with Crippen LogP contribution in [0, 0.1) is 0 Å². The highest BCUT2D eigenvalue weighted by Gasteiger charge is 2.25. The van der Waals surface area contributed by atoms with Crippen molar-refractivity contribution in [3.05, 3.63) is 170 Å². The summed E-state index contributed by atoms with van der Waals surface area (Å²) < 4.78 is 27.1. The van der Waals surface area contributed by atoms with Gasteiger partial charge in [0.25, 0.3) is 0 Å². The van der Waals surface area contributed by atoms with Crippen molar-refractivity contribution < 1.29 is 18.9 Å². The quantitative estimate of drug-likeness (QED) is 0.125. The predicted molar refractivity (Wildman–Crippen MR) is 256 cm³/mol. The van der Waals surface area contributed by atoms with E-state index >= 15 is 0 Å². The molecule has 0 amide bonds. The fraction of sp³-hybridized carbons (Fsp3) is 0.0755. The number of hydrogen-bond donors (Lipinski definition) is 0. The van der Waals surface area contributed by atoms with E-state index in [0.717, 1.165) is 100 Å². The van der Waals surface area contributed by atoms with Crippen LogP contribution in [-0.4, -0.2) is 62.5 Å². The third-order valence-electron chi connectivity index (χ3n) is 11.8. The van der Waals surface area contributed by atoms with Gasteiger partial charge in [0.15, 0.2) is 0 Å². The molecule has 0 saturated heterocycles. The van der Waals surface area contributed by atoms with Gasteiger partial charge in [0.05, 0.1) is 50.5 Å². The number of benzene rings is 6. The molecule has 0 bridgehead atoms. The van der Waals surface area contributed by atoms with Crippen LogP contribution in [0.4, 0.5) is 17.3 Å². The Hall–Kier alpha value is -8.77. The van der Waals surface area contributed by atoms with Crippen molar-refractivity contribution in [2.24, 2.45) is 0 Å². The monoisotopic (exact) mass is 852 g/mol. The topological polar surface area (TPSA) is 114 Å². The van der Waals surface area contributed by atoms with Crippen LogP contribution in [0.15, 0.2) is 170 Å². The Labute approximate surface area is 373 Å². The molecule has 0 saturated carbocycles. The summed E-state index contributed by atoms with van der Waals surface area (Å²) in [6, 6.07) is 48.9. The van der Waals surface area contributed by atoms with Crippen LogP contribution in [-0.2, 0) is 0 Å². The summed E-state index contributed by atoms with van der Waals surface area (Å²) in [5.74, 6) is 4.11. The second-order valence-corrected chi connectivity index (χ2v) is 15.3. The Morgan fingerprint density at radius 1 is 0.354 bits per heavy atom. The Balaban J connectivity index is 1.21. The lowest BCUT2D eigenvalue weighted by Gasteiger charge is -2.25. The number of hydrogen-bond acceptors (Lipinski definition) is 10. The number of aromatic nitrogens is 7. The van der Waals surface area contributed by atoms with Crippen LogP contribution >= 0.6 is 0 Å². The Bertz CT molecular complexity index is 3190. The molecule has 0 fully saturated rings. The van der Waals surface area contributed by atoms with Gasteiger partial charge in [-0.1, -0.05) is 24.3 Å². The zero-order valence-corrected chi connectivity index (χ0v) is 35.9. The molecule has 11 rings (SSSR count). The fourth-order valence-corrected chi connectivity index (χ4v) is 8.62. The van der Waals surface area contributed by atoms with E-state index in [9.17, 15) is 0 Å². The number of rotatable bonds is 11. The van der Waals surface area contributed by atoms with Crippen LogP contribution in [0.5, 0.6) is 23.0 Å². The molecule has 0 N–H and O–H groups in total. The third-order valence-corrected chi connectivity index (χ3v) is 11.8. The maximum Gasteiger partial charge on any atom is 0.241 e. The van der Waals surface area contributed by atoms with Crippen molar-refractivity contribution >= 4 is 60.9 Å². The number of ether oxygens (including phenoxy) is 4. The molecule has 12 nitrogen and oxygen atoms in total. The van der Waals surface area contributed by atoms with Crippen molar-refractivity contribution in [2.75, 3.05) is 33.3 Å². The summed E-state index contributed by atoms with van der Waals surface area (Å²) in [5, 5.41) is 3.81. The molecule has 6 aromatic carbocycles. The highest BCUT2D eigenvalue weighted by atomic mass is 16.5. The zero-order chi connectivity index (χ0) is 44.0. The number of fused-ring (bicyclic) bond motifs is 6. The second kappa shape index (κ2) is 16.2. The largest absolute Gasteiger partial charge is 0.497 e. The lowest BCUT2D eigenvalue weighted by molar-refractivity contribution is 0.415. The second-order valence-electron chi connectivity index (χ2n) is 15.3. The summed E-state index contributed by atoms with van der Waals surface area (Å²) in [6.07, 6.45) is 7.20. The van der Waals surface area contributed by atoms with Gasteiger partial charge in [-0.3, -0.25) is 24.0 Å². The first kappa shape index (κ1) is 39.1. The molecule has 0 unspecified atom stereocenters. The average Bonchev–Trinajstić information content (AvgIpc) is 3.88. The highest BCUT2D eigenvalue weighted by Crippen LogP contribution is 2.41. The Morgan fingerprint density at radius 2 is 0.662 bits per heavy atom. The van der Waals surface area contributed by atoms with E-state index in [1.807, 2.05) is 97.1 Å². The van der Waals surface area contributed by atoms with Crippen molar-refractivity contribution in [1.29, 1.82) is 0 Å². The molecular formula is C53H40N8O4. The Kier molecular flexibility index (Phi) is 9.73. The third kappa shape index (κ3) is 6.84. The molecule has 12 heteroatoms. The maximum atomic E-state index is 5.73. The normalized spacial score (nSPS) is 11.4. The molecule has 65 heavy (non-hydrogen) atoms. The first-order chi connectivity index (χ1) is 32.0. The van der Waals surface area contributed by atoms with Gasteiger partial charge in [0.2, 0.25) is 17.8 Å². The zero-order valence-electron chi connectivity index (χ0n) is 35.9. The molecule has 0 atom stereocenters. The molecule has 11 aromatic rings. The van der Waals surface area contributed by atoms with E-state index < -0.39 is 0 Å². The molecule has 0 aliphatic heterocycles. The van der Waals surface area contributed by atoms with Crippen LogP contribution in [0.1, 0.15) is 0 Å². The van der Waals surface area contributed by atoms with Crippen molar-refractivity contribution in [2.45, 2.75) is 0 Å². The Morgan fingerprint density at radius 3 is 0.969 bits per heavy atom. The molecular weight excluding hydrogens is 813 g/mol. The van der Waals surface area contributed by atoms with Gasteiger partial charge in [0, 0.05) is 57.7 Å². The fourth-order valence-electron chi connectivity index (χ4n) is 8.62. The van der Waals surface area contributed by atoms with Crippen LogP contribution in [0.3, 0.4) is 0 Å². The molecule has 0 spiro atoms. The smallest absolute Gasteiger partial charge is 0.241 e. The van der Waals surface area contributed by atoms with Crippen LogP contribution in [0.2, 0.25) is 0 Å². The summed E-state index contributed by atoms with van der Waals surface area (Å²) >= 11 is 0. The predicted octanol–water partition coefficient (Wildman–Crippen LogP) is 11.7. The van der Waals surface area contributed by atoms with Crippen LogP contribution < -0.4 is 23.8 Å². The van der Waals surface area contributed by atoms with E-state index in [0.29, 0.717) is 17.8 Å². The van der Waals surface area contributed by atoms with Gasteiger partial charge in [-0.25, -0.2) is 0 Å². The lowest BCUT2D eigenvalue weighted by atomic mass is 10.1. The van der Waals surface area contributed by atoms with Gasteiger partial charge < -0.3 is 18.9 Å². The summed E-state index contributed by atoms with van der Waals surface area (Å²) in [4.78, 5) is 26.8. The van der Waals surface area contributed by atoms with Gasteiger partial charge in [0.1, 0.15) is 23.0 Å². The van der Waals surface area contributed by atoms with Gasteiger partial charge in [-0.15, -0.1) is 0 Å². The number of nitrogens with zero attached hydrogens (tertiary/aromatic N) is 8. The van der Waals surface area contributed by atoms with Crippen molar-refractivity contribution in [3.8, 4) is 57.1 Å². The van der Waals surface area contributed by atoms with Gasteiger partial charge in [-0.05, 0) is 144 Å². The number of anilines is 3. The lowest BCUT2D eigenvalue weighted by Crippen LogP contribution is -2.18. The van der Waals surface area contributed by atoms with E-state index in [1.165, 1.54) is 0 Å². The minimum atomic E-state index is 0.396. The van der Waals surface area contributed by atoms with Crippen LogP contribution in [0.25, 0.3) is 77.8 Å². The first-order valence-electron chi connectivity index (χ1n) is 20.9. The molecule has 0 aliphatic carbocycles. The molecule has 0 radical (unpaired) electrons. The van der Waals surface area contributed by atoms with Crippen molar-refractivity contribution in [3.63, 3.8) is 0 Å². The summed E-state index contributed by atoms with van der Waals surface area (Å²) in [6.45, 7) is 0. The number of methoxy groups -OCH3 is 4. The van der Waals surface area contributed by atoms with E-state index in [1.54, 1.807) is 53.2 Å². The minimum Gasteiger partial charge on any atom is -0.497 e. The SMILES string of the molecule is COc1ccc2c(c1)c1cc(OC)ccc1n2-c1nc(N(c2ccc(-c3ccncc3)cc2)c2ccc(-c3ccncc3)cc2)nc(-n2c3ccc(OC)cc3c3cc(OC)ccc32)n1. The van der Waals surface area contributed by atoms with Crippen molar-refractivity contribution in [1.82, 2.24) is 34.1 Å². The van der Waals surface area contributed by atoms with E-state index in [4.69, 9.17) is 33.9 Å². The molecule has 316 valence electrons. The maximum absolute atomic E-state index is 5.73. The van der Waals surface area contributed by atoms with Gasteiger partial charge in [-0.2, -0.15) is 15.0 Å². The summed E-state index contributed by atoms with van der Waals surface area (Å²) in [7, 11) is 6.68. The highest BCUT2D eigenvalue weighted by molar-refractivity contribution is 6.11. The molecule has 0 aliphatic rings. The summed E-state index contributed by atoms with van der Waals surface area (Å²) in [5.41, 5.74) is 9.42. The van der Waals surface area contributed by atoms with E-state index in [2.05, 4.69) is 72.5 Å². The first-order valence-corrected chi connectivity index (χ1v) is 20.9. The average molecular weight is 853 g/mol. The van der Waals surface area contributed by atoms with E-state index in [-0.39, 0.29) is 0 Å². The van der Waals surface area contributed by atoms with Gasteiger partial charge >= 0.3 is 0 Å². The molecule has 5 aromatic heterocycles. The minimum absolute atomic E-state index is 0.396. The number of pyridine rings is 2.